The Balaban J connectivity index is 2.27. The van der Waals surface area contributed by atoms with Crippen LogP contribution in [0, 0.1) is 0 Å². The maximum absolute atomic E-state index is 5.02. The summed E-state index contributed by atoms with van der Waals surface area (Å²) in [5.74, 6) is 0. The summed E-state index contributed by atoms with van der Waals surface area (Å²) >= 11 is 4.76. The molecule has 0 aliphatic carbocycles. The van der Waals surface area contributed by atoms with Gasteiger partial charge in [0, 0.05) is 6.54 Å². The summed E-state index contributed by atoms with van der Waals surface area (Å²) in [6.45, 7) is 1.75. The third kappa shape index (κ3) is 1.66. The Kier molecular flexibility index (Phi) is 2.09. The standard InChI is InChI=1S/C5H9NOS/c8-5-6-3-1-2-4-7-5/h1-4H2,(H,6,8). The Morgan fingerprint density at radius 3 is 3.25 bits per heavy atom. The highest BCUT2D eigenvalue weighted by Crippen LogP contribution is 1.93. The zero-order valence-corrected chi connectivity index (χ0v) is 5.46. The maximum Gasteiger partial charge on any atom is 0.256 e. The van der Waals surface area contributed by atoms with Crippen LogP contribution >= 0.6 is 12.2 Å². The van der Waals surface area contributed by atoms with Crippen molar-refractivity contribution in [3.63, 3.8) is 0 Å². The van der Waals surface area contributed by atoms with Gasteiger partial charge in [-0.2, -0.15) is 0 Å². The Morgan fingerprint density at radius 2 is 2.38 bits per heavy atom. The summed E-state index contributed by atoms with van der Waals surface area (Å²) in [6, 6.07) is 0. The molecule has 1 saturated heterocycles. The van der Waals surface area contributed by atoms with Crippen LogP contribution in [0.4, 0.5) is 0 Å². The van der Waals surface area contributed by atoms with Gasteiger partial charge in [-0.05, 0) is 25.1 Å². The van der Waals surface area contributed by atoms with Gasteiger partial charge in [0.25, 0.3) is 5.17 Å². The van der Waals surface area contributed by atoms with E-state index in [-0.39, 0.29) is 0 Å². The second-order valence-corrected chi connectivity index (χ2v) is 2.14. The molecule has 0 saturated carbocycles. The van der Waals surface area contributed by atoms with Crippen LogP contribution in [0.2, 0.25) is 0 Å². The highest BCUT2D eigenvalue weighted by Gasteiger charge is 2.00. The molecule has 0 atom stereocenters. The van der Waals surface area contributed by atoms with Crippen molar-refractivity contribution in [2.75, 3.05) is 13.2 Å². The molecule has 1 rings (SSSR count). The van der Waals surface area contributed by atoms with Crippen LogP contribution in [0.25, 0.3) is 0 Å². The normalized spacial score (nSPS) is 20.8. The van der Waals surface area contributed by atoms with Crippen LogP contribution < -0.4 is 5.32 Å². The summed E-state index contributed by atoms with van der Waals surface area (Å²) in [5.41, 5.74) is 0. The van der Waals surface area contributed by atoms with Gasteiger partial charge in [-0.3, -0.25) is 0 Å². The molecule has 0 aromatic heterocycles. The summed E-state index contributed by atoms with van der Waals surface area (Å²) in [4.78, 5) is 0. The van der Waals surface area contributed by atoms with Crippen LogP contribution in [0.5, 0.6) is 0 Å². The third-order valence-corrected chi connectivity index (χ3v) is 1.34. The molecule has 0 radical (unpaired) electrons. The lowest BCUT2D eigenvalue weighted by Gasteiger charge is -1.99. The molecule has 2 nitrogen and oxygen atoms in total. The van der Waals surface area contributed by atoms with Crippen molar-refractivity contribution >= 4 is 17.4 Å². The van der Waals surface area contributed by atoms with Gasteiger partial charge < -0.3 is 10.1 Å². The first-order valence-electron chi connectivity index (χ1n) is 2.80. The summed E-state index contributed by atoms with van der Waals surface area (Å²) in [5, 5.41) is 3.51. The van der Waals surface area contributed by atoms with Crippen molar-refractivity contribution in [1.82, 2.24) is 5.32 Å². The molecular weight excluding hydrogens is 122 g/mol. The fourth-order valence-corrected chi connectivity index (χ4v) is 0.819. The zero-order valence-electron chi connectivity index (χ0n) is 4.64. The number of hydrogen-bond acceptors (Lipinski definition) is 2. The molecule has 1 fully saturated rings. The Bertz CT molecular complexity index is 84.4. The second kappa shape index (κ2) is 2.87. The molecule has 0 spiro atoms. The molecule has 1 heterocycles. The van der Waals surface area contributed by atoms with E-state index in [0.29, 0.717) is 5.17 Å². The van der Waals surface area contributed by atoms with Gasteiger partial charge in [0.2, 0.25) is 0 Å². The maximum atomic E-state index is 5.02. The van der Waals surface area contributed by atoms with Crippen LogP contribution in [-0.2, 0) is 4.74 Å². The lowest BCUT2D eigenvalue weighted by molar-refractivity contribution is 0.307. The monoisotopic (exact) mass is 131 g/mol. The van der Waals surface area contributed by atoms with Crippen molar-refractivity contribution in [3.05, 3.63) is 0 Å². The number of hydrogen-bond donors (Lipinski definition) is 1. The SMILES string of the molecule is S=C1NCCCCO1. The van der Waals surface area contributed by atoms with E-state index in [1.54, 1.807) is 0 Å². The molecular formula is C5H9NOS. The third-order valence-electron chi connectivity index (χ3n) is 1.07. The molecule has 0 aromatic rings. The average Bonchev–Trinajstić information content (AvgIpc) is 1.94. The molecule has 0 bridgehead atoms. The van der Waals surface area contributed by atoms with Gasteiger partial charge in [-0.25, -0.2) is 0 Å². The van der Waals surface area contributed by atoms with Crippen LogP contribution in [-0.4, -0.2) is 18.3 Å². The Hall–Kier alpha value is -0.310. The first-order chi connectivity index (χ1) is 3.89. The van der Waals surface area contributed by atoms with E-state index >= 15 is 0 Å². The van der Waals surface area contributed by atoms with Gasteiger partial charge in [-0.15, -0.1) is 0 Å². The lowest BCUT2D eigenvalue weighted by atomic mass is 10.3. The molecule has 1 N–H and O–H groups in total. The minimum Gasteiger partial charge on any atom is -0.471 e. The fourth-order valence-electron chi connectivity index (χ4n) is 0.633. The van der Waals surface area contributed by atoms with Gasteiger partial charge >= 0.3 is 0 Å². The van der Waals surface area contributed by atoms with Crippen LogP contribution in [0.15, 0.2) is 0 Å². The first-order valence-corrected chi connectivity index (χ1v) is 3.21. The second-order valence-electron chi connectivity index (χ2n) is 1.77. The number of rotatable bonds is 0. The van der Waals surface area contributed by atoms with E-state index in [1.165, 1.54) is 6.42 Å². The smallest absolute Gasteiger partial charge is 0.256 e. The highest BCUT2D eigenvalue weighted by molar-refractivity contribution is 7.80. The van der Waals surface area contributed by atoms with Gasteiger partial charge in [-0.1, -0.05) is 0 Å². The van der Waals surface area contributed by atoms with E-state index in [9.17, 15) is 0 Å². The largest absolute Gasteiger partial charge is 0.471 e. The summed E-state index contributed by atoms with van der Waals surface area (Å²) in [7, 11) is 0. The minimum atomic E-state index is 0.558. The molecule has 1 aliphatic heterocycles. The van der Waals surface area contributed by atoms with Crippen molar-refractivity contribution in [3.8, 4) is 0 Å². The minimum absolute atomic E-state index is 0.558. The molecule has 0 amide bonds. The van der Waals surface area contributed by atoms with Crippen molar-refractivity contribution in [2.24, 2.45) is 0 Å². The van der Waals surface area contributed by atoms with Gasteiger partial charge in [0.15, 0.2) is 0 Å². The van der Waals surface area contributed by atoms with Gasteiger partial charge in [0.05, 0.1) is 6.61 Å². The lowest BCUT2D eigenvalue weighted by Crippen LogP contribution is -2.21. The summed E-state index contributed by atoms with van der Waals surface area (Å²) < 4.78 is 5.02. The Morgan fingerprint density at radius 1 is 1.50 bits per heavy atom. The number of ether oxygens (including phenoxy) is 1. The summed E-state index contributed by atoms with van der Waals surface area (Å²) in [6.07, 6.45) is 2.28. The molecule has 3 heteroatoms. The van der Waals surface area contributed by atoms with E-state index < -0.39 is 0 Å². The van der Waals surface area contributed by atoms with E-state index in [2.05, 4.69) is 5.32 Å². The van der Waals surface area contributed by atoms with Gasteiger partial charge in [0.1, 0.15) is 0 Å². The fraction of sp³-hybridized carbons (Fsp3) is 0.800. The van der Waals surface area contributed by atoms with Crippen molar-refractivity contribution in [1.29, 1.82) is 0 Å². The van der Waals surface area contributed by atoms with Crippen LogP contribution in [0.1, 0.15) is 12.8 Å². The Labute approximate surface area is 54.2 Å². The van der Waals surface area contributed by atoms with Crippen molar-refractivity contribution < 1.29 is 4.74 Å². The van der Waals surface area contributed by atoms with E-state index in [0.717, 1.165) is 19.6 Å². The number of thiocarbonyl (C=S) groups is 1. The molecule has 1 aliphatic rings. The molecule has 8 heavy (non-hydrogen) atoms. The molecule has 0 unspecified atom stereocenters. The van der Waals surface area contributed by atoms with E-state index in [1.807, 2.05) is 0 Å². The predicted octanol–water partition coefficient (Wildman–Crippen LogP) is 0.671. The highest BCUT2D eigenvalue weighted by atomic mass is 32.1. The van der Waals surface area contributed by atoms with Crippen LogP contribution in [0.3, 0.4) is 0 Å². The van der Waals surface area contributed by atoms with Crippen molar-refractivity contribution in [2.45, 2.75) is 12.8 Å². The first kappa shape index (κ1) is 5.82. The molecule has 0 aromatic carbocycles. The zero-order chi connectivity index (χ0) is 5.82. The quantitative estimate of drug-likeness (QED) is 0.488. The topological polar surface area (TPSA) is 21.3 Å². The predicted molar refractivity (Wildman–Crippen MR) is 35.8 cm³/mol. The number of nitrogens with one attached hydrogen (secondary N) is 1. The average molecular weight is 131 g/mol. The molecule has 46 valence electrons. The van der Waals surface area contributed by atoms with E-state index in [4.69, 9.17) is 17.0 Å².